The monoisotopic (exact) mass is 377 g/mol. The summed E-state index contributed by atoms with van der Waals surface area (Å²) in [6, 6.07) is 11.9. The standard InChI is InChI=1S/C20H13F2N5O/c1-11-17(15-8-5-13(21)9-16(15)22)18-24-19(20(28)27(18)25-11)26(2)14-6-3-12(10-23)4-7-14/h3-9H,1-2H3. The van der Waals surface area contributed by atoms with E-state index in [1.54, 1.807) is 43.1 Å². The molecule has 3 aromatic rings. The minimum atomic E-state index is -0.754. The van der Waals surface area contributed by atoms with Crippen molar-refractivity contribution >= 4 is 23.2 Å². The first-order valence-corrected chi connectivity index (χ1v) is 8.33. The highest BCUT2D eigenvalue weighted by atomic mass is 19.1. The van der Waals surface area contributed by atoms with E-state index in [0.717, 1.165) is 16.8 Å². The maximum Gasteiger partial charge on any atom is 0.316 e. The molecule has 4 rings (SSSR count). The minimum Gasteiger partial charge on any atom is -0.325 e. The molecular formula is C20H13F2N5O. The molecule has 0 N–H and O–H groups in total. The fourth-order valence-corrected chi connectivity index (χ4v) is 3.11. The van der Waals surface area contributed by atoms with Crippen LogP contribution in [-0.4, -0.2) is 28.6 Å². The molecule has 8 heteroatoms. The molecule has 1 aliphatic rings. The molecule has 0 aliphatic carbocycles. The highest BCUT2D eigenvalue weighted by Crippen LogP contribution is 2.38. The number of carbonyl (C=O) groups is 1. The van der Waals surface area contributed by atoms with Crippen molar-refractivity contribution in [2.45, 2.75) is 6.92 Å². The number of likely N-dealkylation sites (N-methyl/N-ethyl adjacent to an activating group) is 1. The van der Waals surface area contributed by atoms with E-state index >= 15 is 0 Å². The van der Waals surface area contributed by atoms with Gasteiger partial charge in [-0.05, 0) is 43.3 Å². The van der Waals surface area contributed by atoms with Crippen LogP contribution >= 0.6 is 0 Å². The second kappa shape index (κ2) is 6.39. The molecule has 0 saturated carbocycles. The van der Waals surface area contributed by atoms with Crippen molar-refractivity contribution in [3.05, 3.63) is 65.4 Å². The largest absolute Gasteiger partial charge is 0.325 e. The van der Waals surface area contributed by atoms with Gasteiger partial charge < -0.3 is 4.90 Å². The lowest BCUT2D eigenvalue weighted by Gasteiger charge is -2.17. The summed E-state index contributed by atoms with van der Waals surface area (Å²) in [5.41, 5.74) is 2.03. The van der Waals surface area contributed by atoms with Gasteiger partial charge in [0.15, 0.2) is 5.82 Å². The zero-order chi connectivity index (χ0) is 20.0. The normalized spacial score (nSPS) is 12.5. The van der Waals surface area contributed by atoms with Crippen molar-refractivity contribution in [1.82, 2.24) is 9.78 Å². The first-order valence-electron chi connectivity index (χ1n) is 8.33. The van der Waals surface area contributed by atoms with Crippen LogP contribution in [0.5, 0.6) is 0 Å². The van der Waals surface area contributed by atoms with Gasteiger partial charge in [-0.15, -0.1) is 0 Å². The maximum atomic E-state index is 14.3. The van der Waals surface area contributed by atoms with E-state index < -0.39 is 17.5 Å². The molecule has 0 unspecified atom stereocenters. The van der Waals surface area contributed by atoms with Gasteiger partial charge in [-0.25, -0.2) is 13.8 Å². The number of aliphatic imine (C=N–C) groups is 1. The van der Waals surface area contributed by atoms with Crippen molar-refractivity contribution in [3.8, 4) is 17.2 Å². The van der Waals surface area contributed by atoms with Gasteiger partial charge in [0.1, 0.15) is 11.6 Å². The number of hydrogen-bond acceptors (Lipinski definition) is 5. The number of aryl methyl sites for hydroxylation is 1. The van der Waals surface area contributed by atoms with E-state index in [4.69, 9.17) is 5.26 Å². The van der Waals surface area contributed by atoms with Crippen molar-refractivity contribution < 1.29 is 13.6 Å². The van der Waals surface area contributed by atoms with E-state index in [1.165, 1.54) is 6.07 Å². The van der Waals surface area contributed by atoms with Crippen LogP contribution in [-0.2, 0) is 0 Å². The number of amidine groups is 1. The number of nitriles is 1. The van der Waals surface area contributed by atoms with Gasteiger partial charge in [-0.3, -0.25) is 4.79 Å². The van der Waals surface area contributed by atoms with E-state index in [0.29, 0.717) is 22.5 Å². The molecule has 0 saturated heterocycles. The summed E-state index contributed by atoms with van der Waals surface area (Å²) >= 11 is 0. The fourth-order valence-electron chi connectivity index (χ4n) is 3.11. The number of benzene rings is 2. The SMILES string of the molecule is Cc1nn2c(c1-c1ccc(F)cc1F)N=C(N(C)c1ccc(C#N)cc1)C2=O. The van der Waals surface area contributed by atoms with E-state index in [2.05, 4.69) is 10.1 Å². The number of hydrogen-bond donors (Lipinski definition) is 0. The number of nitrogens with zero attached hydrogens (tertiary/aromatic N) is 5. The first kappa shape index (κ1) is 17.5. The molecule has 2 heterocycles. The van der Waals surface area contributed by atoms with E-state index in [-0.39, 0.29) is 17.2 Å². The predicted octanol–water partition coefficient (Wildman–Crippen LogP) is 3.83. The molecule has 138 valence electrons. The molecule has 0 radical (unpaired) electrons. The third kappa shape index (κ3) is 2.65. The minimum absolute atomic E-state index is 0.107. The molecule has 0 spiro atoms. The lowest BCUT2D eigenvalue weighted by atomic mass is 10.1. The Morgan fingerprint density at radius 1 is 1.14 bits per heavy atom. The molecule has 2 aromatic carbocycles. The van der Waals surface area contributed by atoms with Gasteiger partial charge in [0.05, 0.1) is 22.9 Å². The summed E-state index contributed by atoms with van der Waals surface area (Å²) in [4.78, 5) is 18.7. The number of fused-ring (bicyclic) bond motifs is 1. The summed E-state index contributed by atoms with van der Waals surface area (Å²) in [5.74, 6) is -1.60. The van der Waals surface area contributed by atoms with Crippen molar-refractivity contribution in [1.29, 1.82) is 5.26 Å². The summed E-state index contributed by atoms with van der Waals surface area (Å²) in [7, 11) is 1.66. The Kier molecular flexibility index (Phi) is 4.00. The molecule has 1 aromatic heterocycles. The Bertz CT molecular complexity index is 1190. The van der Waals surface area contributed by atoms with Gasteiger partial charge in [-0.2, -0.15) is 15.0 Å². The van der Waals surface area contributed by atoms with Gasteiger partial charge in [0, 0.05) is 24.4 Å². The van der Waals surface area contributed by atoms with Crippen LogP contribution in [0.4, 0.5) is 20.3 Å². The highest BCUT2D eigenvalue weighted by molar-refractivity contribution is 6.46. The van der Waals surface area contributed by atoms with Gasteiger partial charge in [0.25, 0.3) is 0 Å². The summed E-state index contributed by atoms with van der Waals surface area (Å²) in [6.45, 7) is 1.64. The van der Waals surface area contributed by atoms with Crippen LogP contribution in [0.3, 0.4) is 0 Å². The molecule has 6 nitrogen and oxygen atoms in total. The molecule has 0 bridgehead atoms. The second-order valence-corrected chi connectivity index (χ2v) is 6.28. The zero-order valence-corrected chi connectivity index (χ0v) is 14.9. The van der Waals surface area contributed by atoms with Crippen LogP contribution in [0.25, 0.3) is 11.1 Å². The van der Waals surface area contributed by atoms with Crippen LogP contribution in [0.2, 0.25) is 0 Å². The van der Waals surface area contributed by atoms with Crippen LogP contribution in [0.1, 0.15) is 16.1 Å². The Labute approximate surface area is 159 Å². The maximum absolute atomic E-state index is 14.3. The van der Waals surface area contributed by atoms with Gasteiger partial charge in [0.2, 0.25) is 5.84 Å². The Hall–Kier alpha value is -3.86. The number of halogens is 2. The Balaban J connectivity index is 1.79. The molecule has 28 heavy (non-hydrogen) atoms. The van der Waals surface area contributed by atoms with Crippen molar-refractivity contribution in [2.24, 2.45) is 4.99 Å². The fraction of sp³-hybridized carbons (Fsp3) is 0.100. The quantitative estimate of drug-likeness (QED) is 0.680. The smallest absolute Gasteiger partial charge is 0.316 e. The molecule has 1 aliphatic heterocycles. The summed E-state index contributed by atoms with van der Waals surface area (Å²) in [5, 5.41) is 13.1. The summed E-state index contributed by atoms with van der Waals surface area (Å²) < 4.78 is 28.7. The topological polar surface area (TPSA) is 74.3 Å². The number of aromatic nitrogens is 2. The van der Waals surface area contributed by atoms with Gasteiger partial charge >= 0.3 is 5.91 Å². The number of anilines is 1. The molecular weight excluding hydrogens is 364 g/mol. The molecule has 0 fully saturated rings. The first-order chi connectivity index (χ1) is 13.4. The van der Waals surface area contributed by atoms with Crippen molar-refractivity contribution in [3.63, 3.8) is 0 Å². The molecule has 0 amide bonds. The van der Waals surface area contributed by atoms with Crippen LogP contribution in [0, 0.1) is 29.9 Å². The third-order valence-electron chi connectivity index (χ3n) is 4.53. The number of carbonyl (C=O) groups excluding carboxylic acids is 1. The average molecular weight is 377 g/mol. The number of rotatable bonds is 2. The Morgan fingerprint density at radius 2 is 1.86 bits per heavy atom. The Morgan fingerprint density at radius 3 is 2.50 bits per heavy atom. The highest BCUT2D eigenvalue weighted by Gasteiger charge is 2.33. The van der Waals surface area contributed by atoms with Gasteiger partial charge in [-0.1, -0.05) is 0 Å². The van der Waals surface area contributed by atoms with E-state index in [9.17, 15) is 13.6 Å². The summed E-state index contributed by atoms with van der Waals surface area (Å²) in [6.07, 6.45) is 0. The lowest BCUT2D eigenvalue weighted by molar-refractivity contribution is 0.0982. The lowest BCUT2D eigenvalue weighted by Crippen LogP contribution is -2.34. The van der Waals surface area contributed by atoms with Crippen LogP contribution in [0.15, 0.2) is 47.5 Å². The third-order valence-corrected chi connectivity index (χ3v) is 4.53. The zero-order valence-electron chi connectivity index (χ0n) is 14.9. The predicted molar refractivity (Wildman–Crippen MR) is 99.6 cm³/mol. The van der Waals surface area contributed by atoms with Crippen molar-refractivity contribution in [2.75, 3.05) is 11.9 Å². The average Bonchev–Trinajstić information content (AvgIpc) is 3.17. The van der Waals surface area contributed by atoms with E-state index in [1.807, 2.05) is 6.07 Å². The van der Waals surface area contributed by atoms with Crippen LogP contribution < -0.4 is 4.90 Å². The second-order valence-electron chi connectivity index (χ2n) is 6.28. The molecule has 0 atom stereocenters.